The third-order valence-electron chi connectivity index (χ3n) is 11.9. The number of rotatable bonds is 16. The van der Waals surface area contributed by atoms with Gasteiger partial charge in [0.2, 0.25) is 0 Å². The van der Waals surface area contributed by atoms with Crippen molar-refractivity contribution in [2.45, 2.75) is 141 Å². The van der Waals surface area contributed by atoms with Crippen molar-refractivity contribution >= 4 is 17.7 Å². The van der Waals surface area contributed by atoms with Gasteiger partial charge in [-0.1, -0.05) is 97.6 Å². The zero-order valence-corrected chi connectivity index (χ0v) is 27.9. The molecule has 5 N–H and O–H groups in total. The van der Waals surface area contributed by atoms with E-state index >= 15 is 0 Å². The normalized spacial score (nSPS) is 37.0. The van der Waals surface area contributed by atoms with Gasteiger partial charge in [-0.15, -0.1) is 0 Å². The van der Waals surface area contributed by atoms with Gasteiger partial charge in [-0.2, -0.15) is 0 Å². The van der Waals surface area contributed by atoms with Crippen LogP contribution in [0, 0.1) is 35.0 Å². The van der Waals surface area contributed by atoms with E-state index in [0.29, 0.717) is 17.6 Å². The van der Waals surface area contributed by atoms with Gasteiger partial charge in [0.25, 0.3) is 0 Å². The summed E-state index contributed by atoms with van der Waals surface area (Å²) < 4.78 is 6.04. The first-order chi connectivity index (χ1) is 21.1. The topological polar surface area (TPSA) is 162 Å². The molecule has 4 aliphatic carbocycles. The summed E-state index contributed by atoms with van der Waals surface area (Å²) in [5.41, 5.74) is -5.30. The van der Waals surface area contributed by atoms with Gasteiger partial charge in [0.05, 0.1) is 12.2 Å². The summed E-state index contributed by atoms with van der Waals surface area (Å²) in [6.07, 6.45) is 12.5. The average Bonchev–Trinajstić information content (AvgIpc) is 3.36. The van der Waals surface area contributed by atoms with Gasteiger partial charge in [-0.05, 0) is 30.4 Å². The van der Waals surface area contributed by atoms with Crippen LogP contribution in [-0.4, -0.2) is 72.8 Å². The van der Waals surface area contributed by atoms with Gasteiger partial charge < -0.3 is 30.3 Å². The fourth-order valence-corrected chi connectivity index (χ4v) is 9.30. The van der Waals surface area contributed by atoms with E-state index < -0.39 is 82.2 Å². The molecule has 45 heavy (non-hydrogen) atoms. The smallest absolute Gasteiger partial charge is 0.306 e. The van der Waals surface area contributed by atoms with E-state index in [2.05, 4.69) is 6.92 Å². The highest BCUT2D eigenvalue weighted by molar-refractivity contribution is 6.04. The molecule has 0 spiro atoms. The predicted octanol–water partition coefficient (Wildman–Crippen LogP) is 4.88. The van der Waals surface area contributed by atoms with Crippen LogP contribution in [0.15, 0.2) is 23.3 Å². The molecule has 0 heterocycles. The fraction of sp³-hybridized carbons (Fsp3) is 0.806. The Labute approximate surface area is 268 Å². The Morgan fingerprint density at radius 2 is 1.58 bits per heavy atom. The highest BCUT2D eigenvalue weighted by atomic mass is 16.6. The Morgan fingerprint density at radius 1 is 0.978 bits per heavy atom. The van der Waals surface area contributed by atoms with E-state index in [0.717, 1.165) is 25.7 Å². The van der Waals surface area contributed by atoms with Gasteiger partial charge in [-0.25, -0.2) is 0 Å². The van der Waals surface area contributed by atoms with Crippen LogP contribution in [0.1, 0.15) is 118 Å². The molecule has 2 fully saturated rings. The first-order valence-corrected chi connectivity index (χ1v) is 17.2. The number of carbonyl (C=O) groups excluding carboxylic acids is 2. The summed E-state index contributed by atoms with van der Waals surface area (Å²) in [5.74, 6) is -5.76. The second kappa shape index (κ2) is 13.6. The van der Waals surface area contributed by atoms with Crippen molar-refractivity contribution < 1.29 is 44.7 Å². The van der Waals surface area contributed by atoms with Gasteiger partial charge in [0.1, 0.15) is 17.3 Å². The minimum atomic E-state index is -1.97. The van der Waals surface area contributed by atoms with Crippen LogP contribution in [0.25, 0.3) is 0 Å². The molecule has 0 radical (unpaired) electrons. The molecule has 0 bridgehead atoms. The molecule has 9 nitrogen and oxygen atoms in total. The minimum absolute atomic E-state index is 0.116. The number of Topliss-reactive ketones (excluding diaryl/α,β-unsaturated/α-hetero) is 1. The van der Waals surface area contributed by atoms with Crippen LogP contribution in [-0.2, 0) is 19.1 Å². The van der Waals surface area contributed by atoms with Crippen molar-refractivity contribution in [2.75, 3.05) is 6.61 Å². The van der Waals surface area contributed by atoms with Crippen LogP contribution in [0.2, 0.25) is 0 Å². The zero-order chi connectivity index (χ0) is 33.4. The molecule has 0 aliphatic heterocycles. The first kappa shape index (κ1) is 35.8. The Morgan fingerprint density at radius 3 is 2.16 bits per heavy atom. The molecule has 0 aromatic heterocycles. The van der Waals surface area contributed by atoms with Crippen molar-refractivity contribution in [3.05, 3.63) is 23.3 Å². The number of carboxylic acids is 1. The van der Waals surface area contributed by atoms with Crippen molar-refractivity contribution in [1.29, 1.82) is 0 Å². The van der Waals surface area contributed by atoms with Crippen molar-refractivity contribution in [2.24, 2.45) is 35.0 Å². The molecule has 0 aromatic carbocycles. The predicted molar refractivity (Wildman–Crippen MR) is 169 cm³/mol. The highest BCUT2D eigenvalue weighted by Crippen LogP contribution is 2.75. The molecule has 0 aromatic rings. The number of aliphatic hydroxyl groups is 4. The van der Waals surface area contributed by atoms with Gasteiger partial charge in [0.15, 0.2) is 5.78 Å². The molecule has 4 rings (SSSR count). The van der Waals surface area contributed by atoms with Crippen LogP contribution in [0.3, 0.4) is 0 Å². The van der Waals surface area contributed by atoms with Crippen LogP contribution < -0.4 is 0 Å². The number of aliphatic hydroxyl groups excluding tert-OH is 1. The van der Waals surface area contributed by atoms with Crippen LogP contribution >= 0.6 is 0 Å². The zero-order valence-electron chi connectivity index (χ0n) is 27.9. The van der Waals surface area contributed by atoms with E-state index in [9.17, 15) is 39.9 Å². The summed E-state index contributed by atoms with van der Waals surface area (Å²) in [7, 11) is 0. The Bertz CT molecular complexity index is 1190. The summed E-state index contributed by atoms with van der Waals surface area (Å²) in [4.78, 5) is 38.4. The number of hydrogen-bond acceptors (Lipinski definition) is 8. The SMILES string of the molecule is CCCCCCCCCCCC(CC(=O)O)CC(=O)O[C@@H]1[C@@H](C)[C@@]2(O)[C@@H](C=C(CO)C[C@]3(O)C(=O)C(C)=C[C@@H]23)[C@H]2C(C)(C)[C@]12O. The maximum atomic E-state index is 13.5. The average molecular weight is 633 g/mol. The van der Waals surface area contributed by atoms with E-state index in [1.165, 1.54) is 32.1 Å². The summed E-state index contributed by atoms with van der Waals surface area (Å²) in [6, 6.07) is 0. The van der Waals surface area contributed by atoms with Crippen LogP contribution in [0.4, 0.5) is 0 Å². The molecular weight excluding hydrogens is 576 g/mol. The number of unbranched alkanes of at least 4 members (excludes halogenated alkanes) is 8. The number of carboxylic acid groups (broad SMARTS) is 1. The lowest BCUT2D eigenvalue weighted by Gasteiger charge is -2.52. The van der Waals surface area contributed by atoms with Gasteiger partial charge >= 0.3 is 11.9 Å². The molecule has 0 amide bonds. The lowest BCUT2D eigenvalue weighted by molar-refractivity contribution is -0.221. The number of fused-ring (bicyclic) bond motifs is 5. The maximum absolute atomic E-state index is 13.5. The molecule has 254 valence electrons. The van der Waals surface area contributed by atoms with Gasteiger partial charge in [0, 0.05) is 48.3 Å². The number of hydrogen-bond donors (Lipinski definition) is 5. The van der Waals surface area contributed by atoms with Crippen LogP contribution in [0.5, 0.6) is 0 Å². The Hall–Kier alpha value is -2.07. The molecule has 4 aliphatic rings. The van der Waals surface area contributed by atoms with E-state index in [-0.39, 0.29) is 19.3 Å². The summed E-state index contributed by atoms with van der Waals surface area (Å²) in [5, 5.41) is 56.2. The monoisotopic (exact) mass is 632 g/mol. The maximum Gasteiger partial charge on any atom is 0.306 e. The Balaban J connectivity index is 1.50. The molecule has 1 unspecified atom stereocenters. The van der Waals surface area contributed by atoms with Crippen molar-refractivity contribution in [3.8, 4) is 0 Å². The number of aliphatic carboxylic acids is 1. The first-order valence-electron chi connectivity index (χ1n) is 17.2. The third-order valence-corrected chi connectivity index (χ3v) is 11.9. The summed E-state index contributed by atoms with van der Waals surface area (Å²) in [6.45, 7) is 8.75. The lowest BCUT2D eigenvalue weighted by atomic mass is 9.59. The second-order valence-corrected chi connectivity index (χ2v) is 15.2. The molecule has 2 saturated carbocycles. The van der Waals surface area contributed by atoms with E-state index in [4.69, 9.17) is 4.74 Å². The molecule has 9 heteroatoms. The second-order valence-electron chi connectivity index (χ2n) is 15.2. The Kier molecular flexibility index (Phi) is 10.8. The number of ether oxygens (including phenoxy) is 1. The molecule has 9 atom stereocenters. The molecule has 0 saturated heterocycles. The fourth-order valence-electron chi connectivity index (χ4n) is 9.30. The minimum Gasteiger partial charge on any atom is -0.481 e. The molecular formula is C36H56O9. The number of esters is 1. The highest BCUT2D eigenvalue weighted by Gasteiger charge is 2.85. The largest absolute Gasteiger partial charge is 0.481 e. The number of carbonyl (C=O) groups is 3. The van der Waals surface area contributed by atoms with Crippen molar-refractivity contribution in [1.82, 2.24) is 0 Å². The van der Waals surface area contributed by atoms with E-state index in [1.807, 2.05) is 13.8 Å². The lowest BCUT2D eigenvalue weighted by Crippen LogP contribution is -2.65. The quantitative estimate of drug-likeness (QED) is 0.0907. The standard InChI is InChI=1S/C36H56O9/c1-6-7-8-9-10-11-12-13-14-15-24(18-28(38)39)19-29(40)45-32-23(3)35(43)26(30-33(4,5)36(30,32)44)17-25(21-37)20-34(42)27(35)16-22(2)31(34)41/h16-17,23-24,26-27,30,32,37,42-44H,6-15,18-21H2,1-5H3,(H,38,39)/t23-,24?,26+,27-,30+,32-,34-,35-,36-/m1/s1. The number of ketones is 1. The van der Waals surface area contributed by atoms with Gasteiger partial charge in [-0.3, -0.25) is 14.4 Å². The van der Waals surface area contributed by atoms with Crippen molar-refractivity contribution in [3.63, 3.8) is 0 Å². The van der Waals surface area contributed by atoms with E-state index in [1.54, 1.807) is 26.0 Å². The summed E-state index contributed by atoms with van der Waals surface area (Å²) >= 11 is 0. The third kappa shape index (κ3) is 6.31.